The van der Waals surface area contributed by atoms with Gasteiger partial charge in [-0.25, -0.2) is 9.97 Å². The fourth-order valence-corrected chi connectivity index (χ4v) is 1.66. The second-order valence-corrected chi connectivity index (χ2v) is 4.21. The van der Waals surface area contributed by atoms with Crippen molar-refractivity contribution in [3.63, 3.8) is 0 Å². The molecule has 0 aliphatic carbocycles. The number of nitrogens with two attached hydrogens (primary N) is 1. The minimum atomic E-state index is 0.640. The molecule has 0 saturated carbocycles. The van der Waals surface area contributed by atoms with Crippen molar-refractivity contribution in [2.45, 2.75) is 19.8 Å². The van der Waals surface area contributed by atoms with E-state index in [0.29, 0.717) is 6.54 Å². The summed E-state index contributed by atoms with van der Waals surface area (Å²) in [7, 11) is 0. The molecule has 1 aromatic heterocycles. The van der Waals surface area contributed by atoms with E-state index >= 15 is 0 Å². The van der Waals surface area contributed by atoms with E-state index in [-0.39, 0.29) is 0 Å². The van der Waals surface area contributed by atoms with Crippen LogP contribution in [-0.4, -0.2) is 16.5 Å². The van der Waals surface area contributed by atoms with Crippen LogP contribution in [0.3, 0.4) is 0 Å². The first-order valence-electron chi connectivity index (χ1n) is 5.83. The van der Waals surface area contributed by atoms with Crippen LogP contribution in [0.2, 0.25) is 0 Å². The largest absolute Gasteiger partial charge is 0.330 e. The Morgan fingerprint density at radius 2 is 1.65 bits per heavy atom. The highest BCUT2D eigenvalue weighted by molar-refractivity contribution is 5.24. The summed E-state index contributed by atoms with van der Waals surface area (Å²) in [6.45, 7) is 2.72. The summed E-state index contributed by atoms with van der Waals surface area (Å²) in [6.07, 6.45) is 5.35. The summed E-state index contributed by atoms with van der Waals surface area (Å²) in [4.78, 5) is 8.70. The zero-order chi connectivity index (χ0) is 12.1. The van der Waals surface area contributed by atoms with Gasteiger partial charge in [-0.2, -0.15) is 0 Å². The molecule has 0 aliphatic rings. The van der Waals surface area contributed by atoms with E-state index in [4.69, 9.17) is 5.73 Å². The van der Waals surface area contributed by atoms with Crippen molar-refractivity contribution in [1.82, 2.24) is 9.97 Å². The highest BCUT2D eigenvalue weighted by atomic mass is 14.9. The predicted octanol–water partition coefficient (Wildman–Crippen LogP) is 1.88. The average Bonchev–Trinajstić information content (AvgIpc) is 2.35. The maximum Gasteiger partial charge on any atom is 0.132 e. The van der Waals surface area contributed by atoms with E-state index in [2.05, 4.69) is 41.2 Å². The molecule has 3 nitrogen and oxygen atoms in total. The maximum absolute atomic E-state index is 5.48. The quantitative estimate of drug-likeness (QED) is 0.867. The molecular formula is C14H17N3. The first kappa shape index (κ1) is 11.7. The summed E-state index contributed by atoms with van der Waals surface area (Å²) in [6, 6.07) is 8.45. The van der Waals surface area contributed by atoms with Crippen LogP contribution in [0.4, 0.5) is 0 Å². The molecule has 0 fully saturated rings. The van der Waals surface area contributed by atoms with Gasteiger partial charge in [-0.05, 0) is 31.0 Å². The SMILES string of the molecule is Cc1ccc(Cc2ncc(CCN)cn2)cc1. The topological polar surface area (TPSA) is 51.8 Å². The molecular weight excluding hydrogens is 210 g/mol. The Morgan fingerprint density at radius 1 is 1.00 bits per heavy atom. The molecule has 88 valence electrons. The Balaban J connectivity index is 2.05. The van der Waals surface area contributed by atoms with Crippen LogP contribution in [0.1, 0.15) is 22.5 Å². The molecule has 0 spiro atoms. The summed E-state index contributed by atoms with van der Waals surface area (Å²) in [5, 5.41) is 0. The molecule has 0 unspecified atom stereocenters. The Morgan fingerprint density at radius 3 is 2.24 bits per heavy atom. The van der Waals surface area contributed by atoms with E-state index in [1.807, 2.05) is 12.4 Å². The van der Waals surface area contributed by atoms with E-state index < -0.39 is 0 Å². The maximum atomic E-state index is 5.48. The Kier molecular flexibility index (Phi) is 3.83. The molecule has 1 heterocycles. The monoisotopic (exact) mass is 227 g/mol. The van der Waals surface area contributed by atoms with Gasteiger partial charge < -0.3 is 5.73 Å². The van der Waals surface area contributed by atoms with Gasteiger partial charge in [-0.3, -0.25) is 0 Å². The Bertz CT molecular complexity index is 460. The molecule has 0 aliphatic heterocycles. The zero-order valence-corrected chi connectivity index (χ0v) is 10.1. The molecule has 2 N–H and O–H groups in total. The lowest BCUT2D eigenvalue weighted by atomic mass is 10.1. The highest BCUT2D eigenvalue weighted by Gasteiger charge is 1.99. The van der Waals surface area contributed by atoms with Crippen molar-refractivity contribution in [2.24, 2.45) is 5.73 Å². The fourth-order valence-electron chi connectivity index (χ4n) is 1.66. The third-order valence-corrected chi connectivity index (χ3v) is 2.67. The van der Waals surface area contributed by atoms with Crippen LogP contribution in [0.15, 0.2) is 36.7 Å². The van der Waals surface area contributed by atoms with Crippen LogP contribution in [0.5, 0.6) is 0 Å². The van der Waals surface area contributed by atoms with E-state index in [9.17, 15) is 0 Å². The van der Waals surface area contributed by atoms with Gasteiger partial charge in [0.05, 0.1) is 0 Å². The Hall–Kier alpha value is -1.74. The second kappa shape index (κ2) is 5.55. The molecule has 0 amide bonds. The number of rotatable bonds is 4. The number of aryl methyl sites for hydroxylation is 1. The number of benzene rings is 1. The molecule has 0 bridgehead atoms. The number of nitrogens with zero attached hydrogens (tertiary/aromatic N) is 2. The summed E-state index contributed by atoms with van der Waals surface area (Å²) >= 11 is 0. The molecule has 3 heteroatoms. The lowest BCUT2D eigenvalue weighted by molar-refractivity contribution is 0.901. The Labute approximate surface area is 102 Å². The van der Waals surface area contributed by atoms with Crippen LogP contribution >= 0.6 is 0 Å². The first-order valence-corrected chi connectivity index (χ1v) is 5.83. The lowest BCUT2D eigenvalue weighted by Crippen LogP contribution is -2.04. The molecule has 2 aromatic rings. The normalized spacial score (nSPS) is 10.5. The van der Waals surface area contributed by atoms with Gasteiger partial charge in [0, 0.05) is 18.8 Å². The van der Waals surface area contributed by atoms with Gasteiger partial charge >= 0.3 is 0 Å². The molecule has 1 aromatic carbocycles. The van der Waals surface area contributed by atoms with Crippen LogP contribution in [0, 0.1) is 6.92 Å². The molecule has 0 atom stereocenters. The molecule has 0 saturated heterocycles. The third-order valence-electron chi connectivity index (χ3n) is 2.67. The minimum Gasteiger partial charge on any atom is -0.330 e. The van der Waals surface area contributed by atoms with Gasteiger partial charge in [0.2, 0.25) is 0 Å². The summed E-state index contributed by atoms with van der Waals surface area (Å²) < 4.78 is 0. The third kappa shape index (κ3) is 3.36. The van der Waals surface area contributed by atoms with Gasteiger partial charge in [-0.1, -0.05) is 29.8 Å². The number of aromatic nitrogens is 2. The van der Waals surface area contributed by atoms with E-state index in [1.165, 1.54) is 11.1 Å². The zero-order valence-electron chi connectivity index (χ0n) is 10.1. The number of hydrogen-bond acceptors (Lipinski definition) is 3. The smallest absolute Gasteiger partial charge is 0.132 e. The molecule has 17 heavy (non-hydrogen) atoms. The van der Waals surface area contributed by atoms with Crippen molar-refractivity contribution in [1.29, 1.82) is 0 Å². The predicted molar refractivity (Wildman–Crippen MR) is 68.8 cm³/mol. The van der Waals surface area contributed by atoms with Crippen molar-refractivity contribution in [3.05, 3.63) is 59.2 Å². The fraction of sp³-hybridized carbons (Fsp3) is 0.286. The van der Waals surface area contributed by atoms with Gasteiger partial charge in [-0.15, -0.1) is 0 Å². The van der Waals surface area contributed by atoms with Gasteiger partial charge in [0.1, 0.15) is 5.82 Å². The van der Waals surface area contributed by atoms with Crippen molar-refractivity contribution in [3.8, 4) is 0 Å². The molecule has 0 radical (unpaired) electrons. The van der Waals surface area contributed by atoms with Crippen LogP contribution in [-0.2, 0) is 12.8 Å². The van der Waals surface area contributed by atoms with Crippen LogP contribution in [0.25, 0.3) is 0 Å². The second-order valence-electron chi connectivity index (χ2n) is 4.21. The van der Waals surface area contributed by atoms with E-state index in [1.54, 1.807) is 0 Å². The van der Waals surface area contributed by atoms with Crippen molar-refractivity contribution in [2.75, 3.05) is 6.54 Å². The highest BCUT2D eigenvalue weighted by Crippen LogP contribution is 2.07. The average molecular weight is 227 g/mol. The standard InChI is InChI=1S/C14H17N3/c1-11-2-4-12(5-3-11)8-14-16-9-13(6-7-15)10-17-14/h2-5,9-10H,6-8,15H2,1H3. The minimum absolute atomic E-state index is 0.640. The number of hydrogen-bond donors (Lipinski definition) is 1. The molecule has 2 rings (SSSR count). The summed E-state index contributed by atoms with van der Waals surface area (Å²) in [5.41, 5.74) is 9.09. The van der Waals surface area contributed by atoms with Crippen molar-refractivity contribution < 1.29 is 0 Å². The first-order chi connectivity index (χ1) is 8.28. The van der Waals surface area contributed by atoms with E-state index in [0.717, 1.165) is 24.2 Å². The summed E-state index contributed by atoms with van der Waals surface area (Å²) in [5.74, 6) is 0.856. The van der Waals surface area contributed by atoms with Gasteiger partial charge in [0.25, 0.3) is 0 Å². The lowest BCUT2D eigenvalue weighted by Gasteiger charge is -2.02. The van der Waals surface area contributed by atoms with Crippen molar-refractivity contribution >= 4 is 0 Å². The van der Waals surface area contributed by atoms with Crippen LogP contribution < -0.4 is 5.73 Å². The van der Waals surface area contributed by atoms with Gasteiger partial charge in [0.15, 0.2) is 0 Å².